The molecule has 1 aromatic rings. The zero-order chi connectivity index (χ0) is 20.8. The van der Waals surface area contributed by atoms with Gasteiger partial charge < -0.3 is 28.4 Å². The molecule has 0 saturated carbocycles. The van der Waals surface area contributed by atoms with Crippen LogP contribution in [0.4, 0.5) is 0 Å². The highest BCUT2D eigenvalue weighted by molar-refractivity contribution is 5.02. The van der Waals surface area contributed by atoms with Gasteiger partial charge >= 0.3 is 0 Å². The molecular weight excluding hydrogens is 382 g/mol. The minimum atomic E-state index is 0.336. The molecule has 0 atom stereocenters. The minimum Gasteiger partial charge on any atom is -0.379 e. The molecule has 0 aliphatic heterocycles. The van der Waals surface area contributed by atoms with Crippen molar-refractivity contribution in [1.29, 1.82) is 0 Å². The highest BCUT2D eigenvalue weighted by atomic mass is 16.6. The quantitative estimate of drug-likeness (QED) is 0.137. The molecule has 0 aliphatic rings. The monoisotopic (exact) mass is 413 g/mol. The van der Waals surface area contributed by atoms with Crippen LogP contribution >= 0.6 is 0 Å². The summed E-state index contributed by atoms with van der Waals surface area (Å²) in [6, 6.07) is 0. The van der Waals surface area contributed by atoms with Gasteiger partial charge in [0.05, 0.1) is 79.3 Å². The molecule has 0 N–H and O–H groups in total. The van der Waals surface area contributed by atoms with Gasteiger partial charge in [0.25, 0.3) is 0 Å². The smallest absolute Gasteiger partial charge is 0.125 e. The number of aryl methyl sites for hydroxylation is 1. The van der Waals surface area contributed by atoms with E-state index in [-0.39, 0.29) is 0 Å². The van der Waals surface area contributed by atoms with Gasteiger partial charge in [-0.05, 0) is 12.5 Å². The van der Waals surface area contributed by atoms with Crippen LogP contribution in [-0.2, 0) is 35.0 Å². The lowest BCUT2D eigenvalue weighted by Gasteiger charge is -2.08. The van der Waals surface area contributed by atoms with Crippen LogP contribution in [0.5, 0.6) is 0 Å². The number of aromatic nitrogens is 2. The summed E-state index contributed by atoms with van der Waals surface area (Å²) in [6.07, 6.45) is 3.52. The largest absolute Gasteiger partial charge is 0.379 e. The second-order valence-electron chi connectivity index (χ2n) is 5.71. The molecule has 1 aromatic heterocycles. The fourth-order valence-corrected chi connectivity index (χ4v) is 1.93. The molecule has 0 aliphatic carbocycles. The van der Waals surface area contributed by atoms with E-state index in [2.05, 4.69) is 20.0 Å². The average molecular weight is 413 g/mol. The van der Waals surface area contributed by atoms with Crippen LogP contribution in [0.1, 0.15) is 11.4 Å². The van der Waals surface area contributed by atoms with E-state index in [1.807, 2.05) is 6.92 Å². The molecule has 29 heavy (non-hydrogen) atoms. The Bertz CT molecular complexity index is 542. The normalized spacial score (nSPS) is 10.8. The third-order valence-corrected chi connectivity index (χ3v) is 3.36. The summed E-state index contributed by atoms with van der Waals surface area (Å²) in [5.41, 5.74) is 9.03. The van der Waals surface area contributed by atoms with Crippen molar-refractivity contribution in [1.82, 2.24) is 9.97 Å². The fourth-order valence-electron chi connectivity index (χ4n) is 1.93. The fraction of sp³-hybridized carbons (Fsp3) is 0.778. The number of azide groups is 1. The molecule has 0 fully saturated rings. The van der Waals surface area contributed by atoms with Crippen LogP contribution in [0, 0.1) is 6.92 Å². The Kier molecular flexibility index (Phi) is 16.9. The minimum absolute atomic E-state index is 0.336. The zero-order valence-corrected chi connectivity index (χ0v) is 17.0. The first kappa shape index (κ1) is 25.2. The van der Waals surface area contributed by atoms with E-state index >= 15 is 0 Å². The van der Waals surface area contributed by atoms with Gasteiger partial charge in [0.15, 0.2) is 0 Å². The summed E-state index contributed by atoms with van der Waals surface area (Å²) < 4.78 is 32.2. The van der Waals surface area contributed by atoms with E-state index in [9.17, 15) is 0 Å². The van der Waals surface area contributed by atoms with Crippen molar-refractivity contribution in [2.45, 2.75) is 13.5 Å². The predicted molar refractivity (Wildman–Crippen MR) is 105 cm³/mol. The van der Waals surface area contributed by atoms with Gasteiger partial charge in [0, 0.05) is 29.4 Å². The molecule has 0 bridgehead atoms. The van der Waals surface area contributed by atoms with Gasteiger partial charge in [-0.2, -0.15) is 0 Å². The summed E-state index contributed by atoms with van der Waals surface area (Å²) in [5.74, 6) is 0.748. The van der Waals surface area contributed by atoms with Crippen LogP contribution in [0.3, 0.4) is 0 Å². The van der Waals surface area contributed by atoms with Crippen molar-refractivity contribution in [3.63, 3.8) is 0 Å². The Morgan fingerprint density at radius 2 is 1.14 bits per heavy atom. The average Bonchev–Trinajstić information content (AvgIpc) is 2.73. The zero-order valence-electron chi connectivity index (χ0n) is 17.0. The van der Waals surface area contributed by atoms with Gasteiger partial charge in [-0.15, -0.1) is 0 Å². The van der Waals surface area contributed by atoms with Gasteiger partial charge in [-0.25, -0.2) is 9.97 Å². The molecule has 11 nitrogen and oxygen atoms in total. The van der Waals surface area contributed by atoms with E-state index < -0.39 is 0 Å². The predicted octanol–water partition coefficient (Wildman–Crippen LogP) is 1.69. The first-order chi connectivity index (χ1) is 14.3. The van der Waals surface area contributed by atoms with Crippen LogP contribution < -0.4 is 0 Å². The van der Waals surface area contributed by atoms with Crippen molar-refractivity contribution in [2.24, 2.45) is 5.11 Å². The molecule has 1 heterocycles. The highest BCUT2D eigenvalue weighted by Crippen LogP contribution is 1.97. The summed E-state index contributed by atoms with van der Waals surface area (Å²) in [4.78, 5) is 10.9. The lowest BCUT2D eigenvalue weighted by atomic mass is 10.4. The van der Waals surface area contributed by atoms with E-state index in [1.165, 1.54) is 0 Å². The summed E-state index contributed by atoms with van der Waals surface area (Å²) in [7, 11) is 0. The molecule has 0 aromatic carbocycles. The highest BCUT2D eigenvalue weighted by Gasteiger charge is 1.96. The number of rotatable bonds is 20. The number of hydrogen-bond acceptors (Lipinski definition) is 9. The van der Waals surface area contributed by atoms with Gasteiger partial charge in [0.2, 0.25) is 0 Å². The molecule has 11 heteroatoms. The Hall–Kier alpha value is -1.85. The third kappa shape index (κ3) is 16.8. The van der Waals surface area contributed by atoms with Gasteiger partial charge in [0.1, 0.15) is 5.82 Å². The van der Waals surface area contributed by atoms with Crippen molar-refractivity contribution in [3.05, 3.63) is 34.2 Å². The molecule has 0 radical (unpaired) electrons. The van der Waals surface area contributed by atoms with Gasteiger partial charge in [-0.3, -0.25) is 0 Å². The molecule has 0 spiro atoms. The standard InChI is InChI=1S/C18H31N5O6/c1-17-20-14-18(15-21-17)16-29-13-12-28-11-10-27-9-8-26-7-6-25-5-4-24-3-2-22-23-19/h14-15H,2-13,16H2,1H3. The number of nitrogens with zero attached hydrogens (tertiary/aromatic N) is 5. The number of hydrogen-bond donors (Lipinski definition) is 0. The Morgan fingerprint density at radius 1 is 0.724 bits per heavy atom. The Morgan fingerprint density at radius 3 is 1.59 bits per heavy atom. The van der Waals surface area contributed by atoms with Crippen LogP contribution in [0.2, 0.25) is 0 Å². The van der Waals surface area contributed by atoms with Crippen molar-refractivity contribution in [3.8, 4) is 0 Å². The topological polar surface area (TPSA) is 130 Å². The molecule has 0 unspecified atom stereocenters. The van der Waals surface area contributed by atoms with Crippen LogP contribution in [0.25, 0.3) is 10.4 Å². The van der Waals surface area contributed by atoms with Crippen LogP contribution in [0.15, 0.2) is 17.5 Å². The van der Waals surface area contributed by atoms with E-state index in [1.54, 1.807) is 12.4 Å². The molecule has 0 saturated heterocycles. The Balaban J connectivity index is 1.71. The lowest BCUT2D eigenvalue weighted by Crippen LogP contribution is -2.14. The number of ether oxygens (including phenoxy) is 6. The summed E-state index contributed by atoms with van der Waals surface area (Å²) in [5, 5.41) is 3.36. The third-order valence-electron chi connectivity index (χ3n) is 3.36. The molecule has 0 amide bonds. The molecular formula is C18H31N5O6. The second-order valence-corrected chi connectivity index (χ2v) is 5.71. The van der Waals surface area contributed by atoms with Crippen molar-refractivity contribution >= 4 is 0 Å². The lowest BCUT2D eigenvalue weighted by molar-refractivity contribution is -0.0174. The van der Waals surface area contributed by atoms with E-state index in [4.69, 9.17) is 34.0 Å². The van der Waals surface area contributed by atoms with Crippen molar-refractivity contribution < 1.29 is 28.4 Å². The first-order valence-corrected chi connectivity index (χ1v) is 9.57. The maximum atomic E-state index is 8.09. The second kappa shape index (κ2) is 19.5. The van der Waals surface area contributed by atoms with E-state index in [0.717, 1.165) is 11.4 Å². The van der Waals surface area contributed by atoms with E-state index in [0.29, 0.717) is 85.8 Å². The Labute approximate surface area is 171 Å². The van der Waals surface area contributed by atoms with Crippen molar-refractivity contribution in [2.75, 3.05) is 79.2 Å². The summed E-state index contributed by atoms with van der Waals surface area (Å²) in [6.45, 7) is 8.08. The van der Waals surface area contributed by atoms with Crippen LogP contribution in [-0.4, -0.2) is 89.2 Å². The maximum Gasteiger partial charge on any atom is 0.125 e. The first-order valence-electron chi connectivity index (χ1n) is 9.57. The van der Waals surface area contributed by atoms with Gasteiger partial charge in [-0.1, -0.05) is 5.11 Å². The summed E-state index contributed by atoms with van der Waals surface area (Å²) >= 11 is 0. The molecule has 164 valence electrons. The molecule has 1 rings (SSSR count). The SMILES string of the molecule is Cc1ncc(COCCOCCOCCOCCOCCOCCN=[N+]=[N-])cn1. The maximum absolute atomic E-state index is 8.09.